The number of primary amides is 1. The van der Waals surface area contributed by atoms with Gasteiger partial charge in [0.05, 0.1) is 15.6 Å². The van der Waals surface area contributed by atoms with E-state index >= 15 is 0 Å². The highest BCUT2D eigenvalue weighted by molar-refractivity contribution is 7.17. The van der Waals surface area contributed by atoms with E-state index < -0.39 is 5.91 Å². The van der Waals surface area contributed by atoms with Gasteiger partial charge in [-0.15, -0.1) is 11.3 Å². The minimum absolute atomic E-state index is 0.192. The summed E-state index contributed by atoms with van der Waals surface area (Å²) in [4.78, 5) is 25.9. The van der Waals surface area contributed by atoms with Crippen molar-refractivity contribution >= 4 is 51.4 Å². The maximum absolute atomic E-state index is 12.6. The lowest BCUT2D eigenvalue weighted by Crippen LogP contribution is -2.27. The minimum atomic E-state index is -0.508. The number of nitrogens with two attached hydrogens (primary N) is 1. The number of benzene rings is 1. The van der Waals surface area contributed by atoms with Gasteiger partial charge in [0, 0.05) is 10.4 Å². The van der Waals surface area contributed by atoms with Crippen molar-refractivity contribution in [1.29, 1.82) is 0 Å². The SMILES string of the molecule is CC(C)(C)[C@H]1CCc2c(sc(NC(=O)c3ccc(Cl)c(Cl)c3)c2C(N)=O)C1. The summed E-state index contributed by atoms with van der Waals surface area (Å²) in [7, 11) is 0. The third-order valence-corrected chi connectivity index (χ3v) is 7.05. The summed E-state index contributed by atoms with van der Waals surface area (Å²) in [5, 5.41) is 4.04. The van der Waals surface area contributed by atoms with Crippen LogP contribution in [-0.4, -0.2) is 11.8 Å². The van der Waals surface area contributed by atoms with Crippen LogP contribution in [0.15, 0.2) is 18.2 Å². The van der Waals surface area contributed by atoms with E-state index in [-0.39, 0.29) is 11.3 Å². The Morgan fingerprint density at radius 2 is 1.93 bits per heavy atom. The Bertz CT molecular complexity index is 915. The number of hydrogen-bond acceptors (Lipinski definition) is 3. The third kappa shape index (κ3) is 4.15. The van der Waals surface area contributed by atoms with Crippen LogP contribution in [0.2, 0.25) is 10.0 Å². The van der Waals surface area contributed by atoms with Gasteiger partial charge in [-0.2, -0.15) is 0 Å². The van der Waals surface area contributed by atoms with Gasteiger partial charge < -0.3 is 11.1 Å². The summed E-state index contributed by atoms with van der Waals surface area (Å²) >= 11 is 13.4. The van der Waals surface area contributed by atoms with Crippen LogP contribution >= 0.6 is 34.5 Å². The zero-order valence-electron chi connectivity index (χ0n) is 15.5. The summed E-state index contributed by atoms with van der Waals surface area (Å²) in [5.74, 6) is -0.323. The molecule has 0 fully saturated rings. The molecule has 1 aromatic carbocycles. The molecule has 2 aromatic rings. The van der Waals surface area contributed by atoms with Gasteiger partial charge in [0.15, 0.2) is 0 Å². The molecule has 0 saturated carbocycles. The molecule has 1 aliphatic carbocycles. The molecule has 144 valence electrons. The maximum Gasteiger partial charge on any atom is 0.256 e. The summed E-state index contributed by atoms with van der Waals surface area (Å²) in [6.45, 7) is 6.70. The smallest absolute Gasteiger partial charge is 0.256 e. The molecule has 0 unspecified atom stereocenters. The fourth-order valence-electron chi connectivity index (χ4n) is 3.49. The number of carbonyl (C=O) groups excluding carboxylic acids is 2. The largest absolute Gasteiger partial charge is 0.365 e. The average Bonchev–Trinajstić information content (AvgIpc) is 2.93. The second kappa shape index (κ2) is 7.46. The molecule has 0 saturated heterocycles. The molecule has 3 N–H and O–H groups in total. The van der Waals surface area contributed by atoms with Gasteiger partial charge in [-0.3, -0.25) is 9.59 Å². The number of anilines is 1. The highest BCUT2D eigenvalue weighted by Gasteiger charge is 2.33. The van der Waals surface area contributed by atoms with Crippen LogP contribution in [0.4, 0.5) is 5.00 Å². The first kappa shape index (κ1) is 20.2. The van der Waals surface area contributed by atoms with Crippen LogP contribution in [0.1, 0.15) is 58.3 Å². The fraction of sp³-hybridized carbons (Fsp3) is 0.400. The summed E-state index contributed by atoms with van der Waals surface area (Å²) < 4.78 is 0. The van der Waals surface area contributed by atoms with Crippen molar-refractivity contribution in [3.05, 3.63) is 49.8 Å². The van der Waals surface area contributed by atoms with Crippen LogP contribution in [0.5, 0.6) is 0 Å². The topological polar surface area (TPSA) is 72.2 Å². The molecule has 2 amide bonds. The minimum Gasteiger partial charge on any atom is -0.365 e. The molecule has 1 heterocycles. The third-order valence-electron chi connectivity index (χ3n) is 5.15. The van der Waals surface area contributed by atoms with Crippen molar-refractivity contribution in [2.24, 2.45) is 17.1 Å². The lowest BCUT2D eigenvalue weighted by atomic mass is 9.72. The lowest BCUT2D eigenvalue weighted by Gasteiger charge is -2.33. The summed E-state index contributed by atoms with van der Waals surface area (Å²) in [6, 6.07) is 4.67. The van der Waals surface area contributed by atoms with Gasteiger partial charge in [-0.05, 0) is 54.4 Å². The number of halogens is 2. The van der Waals surface area contributed by atoms with Crippen LogP contribution in [0.3, 0.4) is 0 Å². The number of thiophene rings is 1. The second-order valence-corrected chi connectivity index (χ2v) is 9.88. The molecule has 0 radical (unpaired) electrons. The molecule has 0 bridgehead atoms. The van der Waals surface area contributed by atoms with Gasteiger partial charge in [0.2, 0.25) is 0 Å². The van der Waals surface area contributed by atoms with Crippen molar-refractivity contribution in [3.8, 4) is 0 Å². The van der Waals surface area contributed by atoms with Crippen molar-refractivity contribution in [1.82, 2.24) is 0 Å². The zero-order chi connectivity index (χ0) is 19.9. The van der Waals surface area contributed by atoms with Crippen LogP contribution in [-0.2, 0) is 12.8 Å². The molecular weight excluding hydrogens is 403 g/mol. The van der Waals surface area contributed by atoms with Crippen molar-refractivity contribution in [3.63, 3.8) is 0 Å². The van der Waals surface area contributed by atoms with E-state index in [1.165, 1.54) is 17.4 Å². The summed E-state index contributed by atoms with van der Waals surface area (Å²) in [6.07, 6.45) is 2.70. The molecule has 0 spiro atoms. The number of rotatable bonds is 3. The Kier molecular flexibility index (Phi) is 5.57. The molecule has 27 heavy (non-hydrogen) atoms. The Morgan fingerprint density at radius 3 is 2.52 bits per heavy atom. The van der Waals surface area contributed by atoms with Crippen LogP contribution in [0.25, 0.3) is 0 Å². The molecule has 1 aromatic heterocycles. The first-order chi connectivity index (χ1) is 12.6. The van der Waals surface area contributed by atoms with Crippen molar-refractivity contribution < 1.29 is 9.59 Å². The Morgan fingerprint density at radius 1 is 1.22 bits per heavy atom. The molecule has 7 heteroatoms. The molecule has 3 rings (SSSR count). The first-order valence-corrected chi connectivity index (χ1v) is 10.4. The molecule has 1 aliphatic rings. The van der Waals surface area contributed by atoms with Gasteiger partial charge in [-0.25, -0.2) is 0 Å². The van der Waals surface area contributed by atoms with Crippen LogP contribution in [0, 0.1) is 11.3 Å². The number of hydrogen-bond donors (Lipinski definition) is 2. The standard InChI is InChI=1S/C20H22Cl2N2O2S/c1-20(2,3)11-5-6-12-15(9-11)27-19(16(12)17(23)25)24-18(26)10-4-7-13(21)14(22)8-10/h4,7-8,11H,5-6,9H2,1-3H3,(H2,23,25)(H,24,26)/t11-/m0/s1. The quantitative estimate of drug-likeness (QED) is 0.676. The lowest BCUT2D eigenvalue weighted by molar-refractivity contribution is 0.1000. The van der Waals surface area contributed by atoms with E-state index in [4.69, 9.17) is 28.9 Å². The van der Waals surface area contributed by atoms with Crippen LogP contribution < -0.4 is 11.1 Å². The van der Waals surface area contributed by atoms with Crippen molar-refractivity contribution in [2.75, 3.05) is 5.32 Å². The fourth-order valence-corrected chi connectivity index (χ4v) is 5.11. The number of amides is 2. The Hall–Kier alpha value is -1.56. The maximum atomic E-state index is 12.6. The molecular formula is C20H22Cl2N2O2S. The number of nitrogens with one attached hydrogen (secondary N) is 1. The Labute approximate surface area is 173 Å². The number of fused-ring (bicyclic) bond motifs is 1. The molecule has 0 aliphatic heterocycles. The van der Waals surface area contributed by atoms with E-state index in [2.05, 4.69) is 26.1 Å². The van der Waals surface area contributed by atoms with Crippen molar-refractivity contribution in [2.45, 2.75) is 40.0 Å². The highest BCUT2D eigenvalue weighted by atomic mass is 35.5. The second-order valence-electron chi connectivity index (χ2n) is 7.96. The molecule has 1 atom stereocenters. The monoisotopic (exact) mass is 424 g/mol. The predicted octanol–water partition coefficient (Wildman–Crippen LogP) is 5.56. The summed E-state index contributed by atoms with van der Waals surface area (Å²) in [5.41, 5.74) is 7.63. The zero-order valence-corrected chi connectivity index (χ0v) is 17.8. The van der Waals surface area contributed by atoms with E-state index in [0.717, 1.165) is 29.7 Å². The average molecular weight is 425 g/mol. The van der Waals surface area contributed by atoms with E-state index in [1.54, 1.807) is 12.1 Å². The molecule has 4 nitrogen and oxygen atoms in total. The van der Waals surface area contributed by atoms with E-state index in [9.17, 15) is 9.59 Å². The van der Waals surface area contributed by atoms with E-state index in [1.807, 2.05) is 0 Å². The van der Waals surface area contributed by atoms with Gasteiger partial charge in [0.1, 0.15) is 5.00 Å². The highest BCUT2D eigenvalue weighted by Crippen LogP contribution is 2.44. The van der Waals surface area contributed by atoms with Gasteiger partial charge in [0.25, 0.3) is 11.8 Å². The normalized spacial score (nSPS) is 16.7. The van der Waals surface area contributed by atoms with Gasteiger partial charge in [-0.1, -0.05) is 44.0 Å². The predicted molar refractivity (Wildman–Crippen MR) is 112 cm³/mol. The Balaban J connectivity index is 1.92. The van der Waals surface area contributed by atoms with E-state index in [0.29, 0.717) is 32.1 Å². The van der Waals surface area contributed by atoms with Gasteiger partial charge >= 0.3 is 0 Å². The first-order valence-electron chi connectivity index (χ1n) is 8.78. The number of carbonyl (C=O) groups is 2.